The molecule has 0 aliphatic rings. The molecule has 8 heteroatoms. The van der Waals surface area contributed by atoms with Crippen molar-refractivity contribution in [2.24, 2.45) is 0 Å². The van der Waals surface area contributed by atoms with E-state index in [-0.39, 0.29) is 11.6 Å². The predicted octanol–water partition coefficient (Wildman–Crippen LogP) is 4.34. The number of hydrogen-bond acceptors (Lipinski definition) is 3. The number of rotatable bonds is 6. The molecule has 1 heterocycles. The van der Waals surface area contributed by atoms with Gasteiger partial charge in [0.1, 0.15) is 23.9 Å². The molecular weight excluding hydrogens is 432 g/mol. The Morgan fingerprint density at radius 1 is 1.21 bits per heavy atom. The highest BCUT2D eigenvalue weighted by molar-refractivity contribution is 9.10. The van der Waals surface area contributed by atoms with Crippen LogP contribution in [-0.2, 0) is 0 Å². The molecule has 0 aliphatic carbocycles. The van der Waals surface area contributed by atoms with E-state index in [1.165, 1.54) is 10.7 Å². The first kappa shape index (κ1) is 20.0. The molecule has 2 aromatic carbocycles. The highest BCUT2D eigenvalue weighted by Gasteiger charge is 2.20. The minimum Gasteiger partial charge on any atom is -0.492 e. The zero-order valence-electron chi connectivity index (χ0n) is 15.3. The van der Waals surface area contributed by atoms with Crippen molar-refractivity contribution in [2.45, 2.75) is 13.8 Å². The predicted molar refractivity (Wildman–Crippen MR) is 105 cm³/mol. The van der Waals surface area contributed by atoms with Crippen molar-refractivity contribution < 1.29 is 18.3 Å². The summed E-state index contributed by atoms with van der Waals surface area (Å²) in [5, 5.41) is 7.01. The Hall–Kier alpha value is -2.74. The first-order valence-corrected chi connectivity index (χ1v) is 9.34. The van der Waals surface area contributed by atoms with E-state index in [0.717, 1.165) is 16.6 Å². The molecule has 0 unspecified atom stereocenters. The summed E-state index contributed by atoms with van der Waals surface area (Å²) in [5.74, 6) is -1.07. The van der Waals surface area contributed by atoms with E-state index < -0.39 is 11.6 Å². The van der Waals surface area contributed by atoms with Gasteiger partial charge in [0.05, 0.1) is 23.5 Å². The van der Waals surface area contributed by atoms with Crippen LogP contribution in [0.4, 0.5) is 8.78 Å². The summed E-state index contributed by atoms with van der Waals surface area (Å²) in [6.07, 6.45) is 0. The van der Waals surface area contributed by atoms with E-state index in [0.29, 0.717) is 35.9 Å². The van der Waals surface area contributed by atoms with Gasteiger partial charge in [0.2, 0.25) is 0 Å². The Morgan fingerprint density at radius 2 is 2.00 bits per heavy atom. The van der Waals surface area contributed by atoms with Crippen molar-refractivity contribution in [1.29, 1.82) is 0 Å². The lowest BCUT2D eigenvalue weighted by molar-refractivity contribution is 0.0945. The number of carbonyl (C=O) groups excluding carboxylic acids is 1. The summed E-state index contributed by atoms with van der Waals surface area (Å²) in [5.41, 5.74) is 1.35. The largest absolute Gasteiger partial charge is 0.492 e. The molecule has 3 aromatic rings. The Bertz CT molecular complexity index is 1020. The fourth-order valence-corrected chi connectivity index (χ4v) is 3.22. The molecule has 1 N–H and O–H groups in total. The molecule has 146 valence electrons. The van der Waals surface area contributed by atoms with Gasteiger partial charge in [-0.05, 0) is 44.2 Å². The molecule has 0 spiro atoms. The summed E-state index contributed by atoms with van der Waals surface area (Å²) in [4.78, 5) is 12.6. The minimum absolute atomic E-state index is 0.0824. The number of ether oxygens (including phenoxy) is 1. The number of nitrogens with one attached hydrogen (secondary N) is 1. The summed E-state index contributed by atoms with van der Waals surface area (Å²) in [7, 11) is 0. The van der Waals surface area contributed by atoms with Crippen molar-refractivity contribution in [1.82, 2.24) is 15.1 Å². The SMILES string of the molecule is Cc1nn(-c2ccc(F)cc2F)c(C)c1C(=O)NCCOc1cccc(Br)c1. The van der Waals surface area contributed by atoms with E-state index in [9.17, 15) is 13.6 Å². The van der Waals surface area contributed by atoms with Crippen LogP contribution in [0, 0.1) is 25.5 Å². The Morgan fingerprint density at radius 3 is 2.71 bits per heavy atom. The van der Waals surface area contributed by atoms with Crippen LogP contribution in [0.25, 0.3) is 5.69 Å². The van der Waals surface area contributed by atoms with Gasteiger partial charge >= 0.3 is 0 Å². The molecule has 1 amide bonds. The zero-order valence-corrected chi connectivity index (χ0v) is 16.9. The second-order valence-corrected chi connectivity index (χ2v) is 7.03. The standard InChI is InChI=1S/C20H18BrF2N3O2/c1-12-19(13(2)26(25-12)18-7-6-15(22)11-17(18)23)20(27)24-8-9-28-16-5-3-4-14(21)10-16/h3-7,10-11H,8-9H2,1-2H3,(H,24,27). The van der Waals surface area contributed by atoms with Gasteiger partial charge in [0.15, 0.2) is 5.82 Å². The van der Waals surface area contributed by atoms with Gasteiger partial charge in [0, 0.05) is 10.5 Å². The number of amides is 1. The van der Waals surface area contributed by atoms with Crippen molar-refractivity contribution in [3.63, 3.8) is 0 Å². The first-order valence-electron chi connectivity index (χ1n) is 8.55. The molecule has 28 heavy (non-hydrogen) atoms. The van der Waals surface area contributed by atoms with Crippen LogP contribution < -0.4 is 10.1 Å². The molecule has 0 aliphatic heterocycles. The van der Waals surface area contributed by atoms with Gasteiger partial charge in [-0.2, -0.15) is 5.10 Å². The van der Waals surface area contributed by atoms with Crippen LogP contribution in [0.15, 0.2) is 46.9 Å². The van der Waals surface area contributed by atoms with E-state index in [1.54, 1.807) is 13.8 Å². The molecule has 1 aromatic heterocycles. The van der Waals surface area contributed by atoms with Gasteiger partial charge in [-0.15, -0.1) is 0 Å². The number of nitrogens with zero attached hydrogens (tertiary/aromatic N) is 2. The van der Waals surface area contributed by atoms with E-state index in [4.69, 9.17) is 4.74 Å². The van der Waals surface area contributed by atoms with Gasteiger partial charge < -0.3 is 10.1 Å². The van der Waals surface area contributed by atoms with Crippen LogP contribution in [-0.4, -0.2) is 28.8 Å². The zero-order chi connectivity index (χ0) is 20.3. The average Bonchev–Trinajstić information content (AvgIpc) is 2.93. The van der Waals surface area contributed by atoms with E-state index >= 15 is 0 Å². The minimum atomic E-state index is -0.750. The second kappa shape index (κ2) is 8.52. The van der Waals surface area contributed by atoms with E-state index in [1.807, 2.05) is 24.3 Å². The van der Waals surface area contributed by atoms with Crippen LogP contribution in [0.5, 0.6) is 5.75 Å². The molecular formula is C20H18BrF2N3O2. The average molecular weight is 450 g/mol. The van der Waals surface area contributed by atoms with Crippen molar-refractivity contribution >= 4 is 21.8 Å². The Balaban J connectivity index is 1.68. The van der Waals surface area contributed by atoms with Crippen molar-refractivity contribution in [3.05, 3.63) is 75.5 Å². The molecule has 0 saturated heterocycles. The maximum Gasteiger partial charge on any atom is 0.255 e. The van der Waals surface area contributed by atoms with Crippen molar-refractivity contribution in [2.75, 3.05) is 13.2 Å². The molecule has 0 bridgehead atoms. The molecule has 0 fully saturated rings. The number of hydrogen-bond donors (Lipinski definition) is 1. The van der Waals surface area contributed by atoms with Gasteiger partial charge in [-0.1, -0.05) is 22.0 Å². The molecule has 0 saturated carbocycles. The normalized spacial score (nSPS) is 10.8. The maximum absolute atomic E-state index is 14.1. The monoisotopic (exact) mass is 449 g/mol. The van der Waals surface area contributed by atoms with Gasteiger partial charge in [-0.25, -0.2) is 13.5 Å². The van der Waals surface area contributed by atoms with Crippen LogP contribution >= 0.6 is 15.9 Å². The maximum atomic E-state index is 14.1. The third-order valence-corrected chi connectivity index (χ3v) is 4.60. The van der Waals surface area contributed by atoms with Gasteiger partial charge in [-0.3, -0.25) is 4.79 Å². The first-order chi connectivity index (χ1) is 13.4. The Labute approximate surface area is 169 Å². The molecule has 0 radical (unpaired) electrons. The third kappa shape index (κ3) is 4.39. The lowest BCUT2D eigenvalue weighted by Gasteiger charge is -2.09. The second-order valence-electron chi connectivity index (χ2n) is 6.12. The van der Waals surface area contributed by atoms with Crippen LogP contribution in [0.1, 0.15) is 21.7 Å². The smallest absolute Gasteiger partial charge is 0.255 e. The van der Waals surface area contributed by atoms with E-state index in [2.05, 4.69) is 26.3 Å². The molecule has 0 atom stereocenters. The van der Waals surface area contributed by atoms with Crippen LogP contribution in [0.3, 0.4) is 0 Å². The Kier molecular flexibility index (Phi) is 6.08. The lowest BCUT2D eigenvalue weighted by atomic mass is 10.2. The number of halogens is 3. The summed E-state index contributed by atoms with van der Waals surface area (Å²) in [6, 6.07) is 10.6. The topological polar surface area (TPSA) is 56.2 Å². The number of aryl methyl sites for hydroxylation is 1. The highest BCUT2D eigenvalue weighted by Crippen LogP contribution is 2.21. The fourth-order valence-electron chi connectivity index (χ4n) is 2.84. The lowest BCUT2D eigenvalue weighted by Crippen LogP contribution is -2.29. The fraction of sp³-hybridized carbons (Fsp3) is 0.200. The number of aromatic nitrogens is 2. The quantitative estimate of drug-likeness (QED) is 0.569. The summed E-state index contributed by atoms with van der Waals surface area (Å²) < 4.78 is 35.0. The van der Waals surface area contributed by atoms with Gasteiger partial charge in [0.25, 0.3) is 5.91 Å². The third-order valence-electron chi connectivity index (χ3n) is 4.11. The number of carbonyl (C=O) groups is 1. The molecule has 3 rings (SSSR count). The summed E-state index contributed by atoms with van der Waals surface area (Å²) in [6.45, 7) is 3.91. The molecule has 5 nitrogen and oxygen atoms in total. The van der Waals surface area contributed by atoms with Crippen molar-refractivity contribution in [3.8, 4) is 11.4 Å². The highest BCUT2D eigenvalue weighted by atomic mass is 79.9. The number of benzene rings is 2. The summed E-state index contributed by atoms with van der Waals surface area (Å²) >= 11 is 3.36. The van der Waals surface area contributed by atoms with Crippen LogP contribution in [0.2, 0.25) is 0 Å².